The summed E-state index contributed by atoms with van der Waals surface area (Å²) in [5, 5.41) is 8.20. The van der Waals surface area contributed by atoms with Gasteiger partial charge >= 0.3 is 0 Å². The minimum Gasteiger partial charge on any atom is -0.454 e. The molecule has 0 saturated heterocycles. The standard InChI is InChI=1S/C51H34N4O/c1-4-13-33(14-5-1)38-28-30-45-43(31-38)40-19-10-11-21-44(40)55(45)46-22-12-20-42-41-29-27-39(32-47(41)56-48(42)46)34-23-25-37(26-24-34)51-53-49(35-15-6-2-7-16-35)52-50(54-51)36-17-8-3-9-18-36/h1-32,49H,(H,52,53,54). The van der Waals surface area contributed by atoms with Gasteiger partial charge in [0, 0.05) is 32.7 Å². The first-order chi connectivity index (χ1) is 27.7. The van der Waals surface area contributed by atoms with Crippen molar-refractivity contribution in [1.29, 1.82) is 0 Å². The second kappa shape index (κ2) is 13.1. The van der Waals surface area contributed by atoms with E-state index in [-0.39, 0.29) is 6.17 Å². The van der Waals surface area contributed by atoms with Gasteiger partial charge in [0.25, 0.3) is 0 Å². The zero-order chi connectivity index (χ0) is 37.0. The molecule has 5 nitrogen and oxygen atoms in total. The predicted molar refractivity (Wildman–Crippen MR) is 231 cm³/mol. The number of nitrogens with one attached hydrogen (secondary N) is 1. The Labute approximate surface area is 323 Å². The van der Waals surface area contributed by atoms with E-state index in [0.29, 0.717) is 5.84 Å². The van der Waals surface area contributed by atoms with Crippen LogP contribution in [0, 0.1) is 0 Å². The molecule has 1 aliphatic rings. The molecule has 2 aromatic heterocycles. The quantitative estimate of drug-likeness (QED) is 0.186. The number of aliphatic imine (C=N–C) groups is 2. The molecule has 56 heavy (non-hydrogen) atoms. The van der Waals surface area contributed by atoms with E-state index >= 15 is 0 Å². The number of hydrogen-bond acceptors (Lipinski definition) is 4. The van der Waals surface area contributed by atoms with Crippen LogP contribution in [0.1, 0.15) is 22.9 Å². The lowest BCUT2D eigenvalue weighted by Gasteiger charge is -2.23. The second-order valence-corrected chi connectivity index (χ2v) is 14.2. The first-order valence-corrected chi connectivity index (χ1v) is 18.9. The molecule has 3 heterocycles. The molecule has 0 saturated carbocycles. The molecule has 0 spiro atoms. The molecule has 0 radical (unpaired) electrons. The van der Waals surface area contributed by atoms with Crippen LogP contribution < -0.4 is 5.32 Å². The summed E-state index contributed by atoms with van der Waals surface area (Å²) in [5.74, 6) is 1.51. The Balaban J connectivity index is 0.965. The molecule has 0 amide bonds. The Morgan fingerprint density at radius 3 is 1.86 bits per heavy atom. The Hall–Kier alpha value is -7.50. The molecule has 1 N–H and O–H groups in total. The van der Waals surface area contributed by atoms with E-state index in [1.165, 1.54) is 21.9 Å². The largest absolute Gasteiger partial charge is 0.454 e. The van der Waals surface area contributed by atoms with Crippen LogP contribution in [0.3, 0.4) is 0 Å². The van der Waals surface area contributed by atoms with E-state index in [1.807, 2.05) is 36.4 Å². The number of furan rings is 1. The van der Waals surface area contributed by atoms with Gasteiger partial charge in [0.2, 0.25) is 0 Å². The van der Waals surface area contributed by atoms with Crippen molar-refractivity contribution in [2.24, 2.45) is 9.98 Å². The first-order valence-electron chi connectivity index (χ1n) is 18.9. The summed E-state index contributed by atoms with van der Waals surface area (Å²) in [7, 11) is 0. The van der Waals surface area contributed by atoms with Crippen molar-refractivity contribution in [3.05, 3.63) is 211 Å². The van der Waals surface area contributed by atoms with Gasteiger partial charge in [-0.05, 0) is 64.2 Å². The molecule has 264 valence electrons. The smallest absolute Gasteiger partial charge is 0.159 e. The number of aromatic nitrogens is 1. The molecule has 10 aromatic rings. The van der Waals surface area contributed by atoms with Crippen molar-refractivity contribution in [3.8, 4) is 27.9 Å². The molecule has 1 unspecified atom stereocenters. The molecule has 5 heteroatoms. The van der Waals surface area contributed by atoms with Crippen molar-refractivity contribution in [2.45, 2.75) is 6.17 Å². The Kier molecular flexibility index (Phi) is 7.49. The highest BCUT2D eigenvalue weighted by molar-refractivity contribution is 6.15. The number of benzene rings is 8. The zero-order valence-corrected chi connectivity index (χ0v) is 30.3. The summed E-state index contributed by atoms with van der Waals surface area (Å²) in [5.41, 5.74) is 12.7. The molecule has 0 aliphatic carbocycles. The molecule has 0 bridgehead atoms. The lowest BCUT2D eigenvalue weighted by atomic mass is 10.0. The Morgan fingerprint density at radius 1 is 0.446 bits per heavy atom. The third-order valence-corrected chi connectivity index (χ3v) is 10.9. The van der Waals surface area contributed by atoms with Gasteiger partial charge in [-0.1, -0.05) is 158 Å². The fourth-order valence-corrected chi connectivity index (χ4v) is 8.12. The third-order valence-electron chi connectivity index (χ3n) is 10.9. The van der Waals surface area contributed by atoms with E-state index in [9.17, 15) is 0 Å². The van der Waals surface area contributed by atoms with Gasteiger partial charge in [-0.25, -0.2) is 9.98 Å². The number of nitrogens with zero attached hydrogens (tertiary/aromatic N) is 3. The second-order valence-electron chi connectivity index (χ2n) is 14.2. The highest BCUT2D eigenvalue weighted by Crippen LogP contribution is 2.40. The zero-order valence-electron chi connectivity index (χ0n) is 30.3. The van der Waals surface area contributed by atoms with Gasteiger partial charge in [0.05, 0.1) is 16.7 Å². The van der Waals surface area contributed by atoms with E-state index in [2.05, 4.69) is 168 Å². The van der Waals surface area contributed by atoms with Gasteiger partial charge in [-0.2, -0.15) is 0 Å². The maximum atomic E-state index is 6.82. The van der Waals surface area contributed by atoms with Crippen LogP contribution in [0.2, 0.25) is 0 Å². The summed E-state index contributed by atoms with van der Waals surface area (Å²) in [6, 6.07) is 68.0. The van der Waals surface area contributed by atoms with Gasteiger partial charge in [-0.3, -0.25) is 0 Å². The summed E-state index contributed by atoms with van der Waals surface area (Å²) >= 11 is 0. The van der Waals surface area contributed by atoms with Crippen molar-refractivity contribution in [3.63, 3.8) is 0 Å². The van der Waals surface area contributed by atoms with Crippen LogP contribution in [0.5, 0.6) is 0 Å². The first kappa shape index (κ1) is 32.0. The van der Waals surface area contributed by atoms with Gasteiger partial charge in [0.15, 0.2) is 11.4 Å². The van der Waals surface area contributed by atoms with Crippen molar-refractivity contribution in [1.82, 2.24) is 9.88 Å². The summed E-state index contributed by atoms with van der Waals surface area (Å²) in [6.07, 6.45) is -0.242. The summed E-state index contributed by atoms with van der Waals surface area (Å²) in [4.78, 5) is 9.97. The van der Waals surface area contributed by atoms with Crippen molar-refractivity contribution in [2.75, 3.05) is 0 Å². The van der Waals surface area contributed by atoms with Crippen molar-refractivity contribution >= 4 is 55.4 Å². The monoisotopic (exact) mass is 718 g/mol. The number of para-hydroxylation sites is 2. The summed E-state index contributed by atoms with van der Waals surface area (Å²) < 4.78 is 9.17. The summed E-state index contributed by atoms with van der Waals surface area (Å²) in [6.45, 7) is 0. The van der Waals surface area contributed by atoms with Crippen LogP contribution in [-0.4, -0.2) is 16.2 Å². The molecule has 8 aromatic carbocycles. The van der Waals surface area contributed by atoms with Crippen LogP contribution in [0.15, 0.2) is 209 Å². The Morgan fingerprint density at radius 2 is 1.05 bits per heavy atom. The molecule has 1 aliphatic heterocycles. The maximum Gasteiger partial charge on any atom is 0.159 e. The average molecular weight is 719 g/mol. The predicted octanol–water partition coefficient (Wildman–Crippen LogP) is 12.5. The third kappa shape index (κ3) is 5.40. The fourth-order valence-electron chi connectivity index (χ4n) is 8.12. The van der Waals surface area contributed by atoms with Gasteiger partial charge in [0.1, 0.15) is 17.6 Å². The molecular weight excluding hydrogens is 685 g/mol. The highest BCUT2D eigenvalue weighted by atomic mass is 16.3. The van der Waals surface area contributed by atoms with E-state index in [4.69, 9.17) is 14.4 Å². The maximum absolute atomic E-state index is 6.82. The fraction of sp³-hybridized carbons (Fsp3) is 0.0196. The number of fused-ring (bicyclic) bond motifs is 6. The minimum absolute atomic E-state index is 0.242. The topological polar surface area (TPSA) is 54.8 Å². The number of amidine groups is 2. The minimum atomic E-state index is -0.242. The number of rotatable bonds is 6. The SMILES string of the molecule is c1ccc(C2=NC(c3ccccc3)NC(c3ccc(-c4ccc5c(c4)oc4c(-n6c7ccccc7c7cc(-c8ccccc8)ccc76)cccc45)cc3)=N2)cc1. The number of hydrogen-bond donors (Lipinski definition) is 1. The average Bonchev–Trinajstić information content (AvgIpc) is 3.82. The van der Waals surface area contributed by atoms with E-state index in [0.717, 1.165) is 72.3 Å². The highest BCUT2D eigenvalue weighted by Gasteiger charge is 2.22. The van der Waals surface area contributed by atoms with Crippen LogP contribution in [0.4, 0.5) is 0 Å². The molecule has 1 atom stereocenters. The van der Waals surface area contributed by atoms with Gasteiger partial charge in [-0.15, -0.1) is 0 Å². The lowest BCUT2D eigenvalue weighted by molar-refractivity contribution is 0.666. The molecule has 0 fully saturated rings. The van der Waals surface area contributed by atoms with Crippen LogP contribution >= 0.6 is 0 Å². The van der Waals surface area contributed by atoms with E-state index in [1.54, 1.807) is 0 Å². The lowest BCUT2D eigenvalue weighted by Crippen LogP contribution is -2.33. The van der Waals surface area contributed by atoms with Gasteiger partial charge < -0.3 is 14.3 Å². The van der Waals surface area contributed by atoms with Crippen LogP contribution in [0.25, 0.3) is 71.7 Å². The van der Waals surface area contributed by atoms with Crippen molar-refractivity contribution < 1.29 is 4.42 Å². The Bertz CT molecular complexity index is 3140. The van der Waals surface area contributed by atoms with E-state index < -0.39 is 0 Å². The molecular formula is C51H34N4O. The van der Waals surface area contributed by atoms with Crippen LogP contribution in [-0.2, 0) is 0 Å². The normalized spacial score (nSPS) is 14.2. The molecule has 11 rings (SSSR count).